The van der Waals surface area contributed by atoms with Gasteiger partial charge in [0.2, 0.25) is 5.91 Å². The summed E-state index contributed by atoms with van der Waals surface area (Å²) in [6.45, 7) is 7.50. The van der Waals surface area contributed by atoms with Gasteiger partial charge in [-0.05, 0) is 25.5 Å². The van der Waals surface area contributed by atoms with Crippen molar-refractivity contribution in [2.24, 2.45) is 0 Å². The van der Waals surface area contributed by atoms with Crippen LogP contribution in [0, 0.1) is 13.8 Å². The normalized spacial score (nSPS) is 15.8. The Balaban J connectivity index is 1.47. The van der Waals surface area contributed by atoms with Crippen LogP contribution in [0.1, 0.15) is 28.9 Å². The van der Waals surface area contributed by atoms with Crippen molar-refractivity contribution in [2.75, 3.05) is 26.2 Å². The summed E-state index contributed by atoms with van der Waals surface area (Å²) in [6.07, 6.45) is -4.31. The van der Waals surface area contributed by atoms with Crippen LogP contribution in [0.3, 0.4) is 0 Å². The molecule has 2 aromatic rings. The molecule has 1 aromatic heterocycles. The number of piperazine rings is 1. The Morgan fingerprint density at radius 3 is 2.43 bits per heavy atom. The third-order valence-corrected chi connectivity index (χ3v) is 5.02. The van der Waals surface area contributed by atoms with Crippen molar-refractivity contribution in [1.82, 2.24) is 19.6 Å². The molecule has 0 N–H and O–H groups in total. The van der Waals surface area contributed by atoms with E-state index in [1.807, 2.05) is 6.07 Å². The van der Waals surface area contributed by atoms with Crippen LogP contribution >= 0.6 is 0 Å². The fourth-order valence-corrected chi connectivity index (χ4v) is 3.46. The second-order valence-electron chi connectivity index (χ2n) is 7.29. The molecule has 5 nitrogen and oxygen atoms in total. The average molecular weight is 394 g/mol. The summed E-state index contributed by atoms with van der Waals surface area (Å²) in [5.74, 6) is -0.0429. The van der Waals surface area contributed by atoms with Crippen molar-refractivity contribution in [2.45, 2.75) is 39.5 Å². The first-order chi connectivity index (χ1) is 13.2. The first-order valence-electron chi connectivity index (χ1n) is 9.40. The number of aryl methyl sites for hydroxylation is 3. The topological polar surface area (TPSA) is 41.4 Å². The Kier molecular flexibility index (Phi) is 6.07. The number of aromatic nitrogens is 2. The number of alkyl halides is 3. The monoisotopic (exact) mass is 394 g/mol. The lowest BCUT2D eigenvalue weighted by Crippen LogP contribution is -2.48. The Morgan fingerprint density at radius 2 is 1.82 bits per heavy atom. The molecule has 28 heavy (non-hydrogen) atoms. The molecular formula is C20H25F3N4O. The number of hydrogen-bond donors (Lipinski definition) is 0. The summed E-state index contributed by atoms with van der Waals surface area (Å²) in [5, 5.41) is 3.58. The van der Waals surface area contributed by atoms with Crippen molar-refractivity contribution >= 4 is 5.91 Å². The maximum atomic E-state index is 12.7. The number of carbonyl (C=O) groups excluding carboxylic acids is 1. The molecule has 0 aliphatic carbocycles. The van der Waals surface area contributed by atoms with E-state index in [1.165, 1.54) is 15.8 Å². The quantitative estimate of drug-likeness (QED) is 0.782. The largest absolute Gasteiger partial charge is 0.435 e. The maximum Gasteiger partial charge on any atom is 0.435 e. The predicted molar refractivity (Wildman–Crippen MR) is 99.6 cm³/mol. The number of hydrogen-bond acceptors (Lipinski definition) is 3. The molecule has 1 fully saturated rings. The highest BCUT2D eigenvalue weighted by Crippen LogP contribution is 2.28. The van der Waals surface area contributed by atoms with Gasteiger partial charge in [-0.2, -0.15) is 18.3 Å². The zero-order chi connectivity index (χ0) is 20.3. The molecule has 3 rings (SSSR count). The Labute approximate surface area is 162 Å². The summed E-state index contributed by atoms with van der Waals surface area (Å²) in [6, 6.07) is 9.39. The SMILES string of the molecule is Cc1cccc(CN2CCN(C(=O)CCn3nc(C(F)(F)F)cc3C)CC2)c1. The average Bonchev–Trinajstić information content (AvgIpc) is 3.01. The van der Waals surface area contributed by atoms with Gasteiger partial charge in [0.05, 0.1) is 0 Å². The van der Waals surface area contributed by atoms with Crippen molar-refractivity contribution in [3.8, 4) is 0 Å². The first-order valence-corrected chi connectivity index (χ1v) is 9.40. The minimum Gasteiger partial charge on any atom is -0.340 e. The van der Waals surface area contributed by atoms with Crippen LogP contribution in [0.25, 0.3) is 0 Å². The molecule has 1 saturated heterocycles. The molecule has 0 radical (unpaired) electrons. The molecule has 0 spiro atoms. The first kappa shape index (κ1) is 20.4. The van der Waals surface area contributed by atoms with Crippen LogP contribution in [0.5, 0.6) is 0 Å². The zero-order valence-electron chi connectivity index (χ0n) is 16.2. The van der Waals surface area contributed by atoms with Crippen LogP contribution in [0.2, 0.25) is 0 Å². The highest BCUT2D eigenvalue weighted by atomic mass is 19.4. The lowest BCUT2D eigenvalue weighted by Gasteiger charge is -2.35. The Hall–Kier alpha value is -2.35. The number of amides is 1. The number of halogens is 3. The second-order valence-corrected chi connectivity index (χ2v) is 7.29. The Morgan fingerprint density at radius 1 is 1.11 bits per heavy atom. The van der Waals surface area contributed by atoms with Gasteiger partial charge in [0.15, 0.2) is 5.69 Å². The molecule has 1 aromatic carbocycles. The maximum absolute atomic E-state index is 12.7. The molecular weight excluding hydrogens is 369 g/mol. The van der Waals surface area contributed by atoms with Gasteiger partial charge in [-0.25, -0.2) is 0 Å². The van der Waals surface area contributed by atoms with Gasteiger partial charge < -0.3 is 4.90 Å². The van der Waals surface area contributed by atoms with Crippen LogP contribution in [0.4, 0.5) is 13.2 Å². The van der Waals surface area contributed by atoms with Gasteiger partial charge in [0.25, 0.3) is 0 Å². The van der Waals surface area contributed by atoms with Gasteiger partial charge in [0, 0.05) is 51.4 Å². The lowest BCUT2D eigenvalue weighted by molar-refractivity contribution is -0.141. The van der Waals surface area contributed by atoms with Crippen molar-refractivity contribution in [3.63, 3.8) is 0 Å². The fourth-order valence-electron chi connectivity index (χ4n) is 3.46. The van der Waals surface area contributed by atoms with E-state index in [0.29, 0.717) is 18.8 Å². The molecule has 0 bridgehead atoms. The summed E-state index contributed by atoms with van der Waals surface area (Å²) in [4.78, 5) is 16.5. The summed E-state index contributed by atoms with van der Waals surface area (Å²) in [7, 11) is 0. The van der Waals surface area contributed by atoms with E-state index in [-0.39, 0.29) is 18.9 Å². The summed E-state index contributed by atoms with van der Waals surface area (Å²) < 4.78 is 39.4. The molecule has 1 aliphatic rings. The molecule has 8 heteroatoms. The van der Waals surface area contributed by atoms with E-state index in [9.17, 15) is 18.0 Å². The van der Waals surface area contributed by atoms with Crippen molar-refractivity contribution < 1.29 is 18.0 Å². The number of benzene rings is 1. The van der Waals surface area contributed by atoms with Gasteiger partial charge in [-0.3, -0.25) is 14.4 Å². The van der Waals surface area contributed by atoms with E-state index in [4.69, 9.17) is 0 Å². The molecule has 0 unspecified atom stereocenters. The second kappa shape index (κ2) is 8.34. The van der Waals surface area contributed by atoms with E-state index >= 15 is 0 Å². The highest BCUT2D eigenvalue weighted by molar-refractivity contribution is 5.76. The smallest absolute Gasteiger partial charge is 0.340 e. The van der Waals surface area contributed by atoms with Gasteiger partial charge in [-0.1, -0.05) is 29.8 Å². The van der Waals surface area contributed by atoms with Crippen molar-refractivity contribution in [1.29, 1.82) is 0 Å². The van der Waals surface area contributed by atoms with Gasteiger partial charge in [-0.15, -0.1) is 0 Å². The number of nitrogens with zero attached hydrogens (tertiary/aromatic N) is 4. The van der Waals surface area contributed by atoms with E-state index in [0.717, 1.165) is 25.7 Å². The Bertz CT molecular complexity index is 823. The van der Waals surface area contributed by atoms with Gasteiger partial charge >= 0.3 is 6.18 Å². The van der Waals surface area contributed by atoms with E-state index < -0.39 is 11.9 Å². The van der Waals surface area contributed by atoms with Crippen LogP contribution in [-0.4, -0.2) is 51.7 Å². The molecule has 1 aliphatic heterocycles. The molecule has 1 amide bonds. The van der Waals surface area contributed by atoms with E-state index in [2.05, 4.69) is 35.1 Å². The predicted octanol–water partition coefficient (Wildman–Crippen LogP) is 3.25. The fraction of sp³-hybridized carbons (Fsp3) is 0.500. The number of rotatable bonds is 5. The van der Waals surface area contributed by atoms with Gasteiger partial charge in [0.1, 0.15) is 0 Å². The summed E-state index contributed by atoms with van der Waals surface area (Å²) in [5.41, 5.74) is 1.98. The lowest BCUT2D eigenvalue weighted by atomic mass is 10.1. The third-order valence-electron chi connectivity index (χ3n) is 5.02. The highest BCUT2D eigenvalue weighted by Gasteiger charge is 2.34. The van der Waals surface area contributed by atoms with Crippen molar-refractivity contribution in [3.05, 3.63) is 52.8 Å². The summed E-state index contributed by atoms with van der Waals surface area (Å²) >= 11 is 0. The zero-order valence-corrected chi connectivity index (χ0v) is 16.2. The molecule has 0 saturated carbocycles. The minimum absolute atomic E-state index is 0.0429. The molecule has 152 valence electrons. The van der Waals surface area contributed by atoms with Crippen LogP contribution < -0.4 is 0 Å². The third kappa shape index (κ3) is 5.13. The number of carbonyl (C=O) groups is 1. The minimum atomic E-state index is -4.46. The molecule has 2 heterocycles. The standard InChI is InChI=1S/C20H25F3N4O/c1-15-4-3-5-17(12-15)14-25-8-10-26(11-9-25)19(28)6-7-27-16(2)13-18(24-27)20(21,22)23/h3-5,12-13H,6-11,14H2,1-2H3. The van der Waals surface area contributed by atoms with Crippen LogP contribution in [-0.2, 0) is 24.1 Å². The van der Waals surface area contributed by atoms with Crippen LogP contribution in [0.15, 0.2) is 30.3 Å². The molecule has 0 atom stereocenters. The van der Waals surface area contributed by atoms with E-state index in [1.54, 1.807) is 11.8 Å².